The molecule has 0 aliphatic carbocycles. The third-order valence-corrected chi connectivity index (χ3v) is 4.29. The van der Waals surface area contributed by atoms with E-state index in [1.54, 1.807) is 17.5 Å². The maximum atomic E-state index is 4.32. The Bertz CT molecular complexity index is 412. The maximum Gasteiger partial charge on any atom is 0.0813 e. The van der Waals surface area contributed by atoms with E-state index in [0.717, 1.165) is 14.6 Å². The minimum Gasteiger partial charge on any atom is -0.254 e. The number of pyridine rings is 1. The van der Waals surface area contributed by atoms with E-state index in [1.807, 2.05) is 17.5 Å². The lowest BCUT2D eigenvalue weighted by Crippen LogP contribution is -1.80. The van der Waals surface area contributed by atoms with Gasteiger partial charge in [-0.15, -0.1) is 11.3 Å². The van der Waals surface area contributed by atoms with Crippen LogP contribution in [-0.4, -0.2) is 4.98 Å². The van der Waals surface area contributed by atoms with Crippen molar-refractivity contribution >= 4 is 43.2 Å². The van der Waals surface area contributed by atoms with Gasteiger partial charge in [-0.2, -0.15) is 0 Å². The summed E-state index contributed by atoms with van der Waals surface area (Å²) < 4.78 is 2.01. The Morgan fingerprint density at radius 3 is 2.69 bits per heavy atom. The van der Waals surface area contributed by atoms with Crippen LogP contribution in [0.2, 0.25) is 0 Å². The molecule has 66 valence electrons. The van der Waals surface area contributed by atoms with Crippen LogP contribution >= 0.6 is 43.2 Å². The van der Waals surface area contributed by atoms with E-state index < -0.39 is 0 Å². The van der Waals surface area contributed by atoms with E-state index in [9.17, 15) is 0 Å². The first-order valence-electron chi connectivity index (χ1n) is 3.62. The van der Waals surface area contributed by atoms with Crippen LogP contribution < -0.4 is 0 Å². The summed E-state index contributed by atoms with van der Waals surface area (Å²) >= 11 is 8.53. The van der Waals surface area contributed by atoms with E-state index in [0.29, 0.717) is 0 Å². The maximum absolute atomic E-state index is 4.32. The Hall–Kier alpha value is -0.190. The van der Waals surface area contributed by atoms with Crippen LogP contribution in [0.3, 0.4) is 0 Å². The highest BCUT2D eigenvalue weighted by atomic mass is 79.9. The third kappa shape index (κ3) is 2.00. The molecule has 1 nitrogen and oxygen atoms in total. The summed E-state index contributed by atoms with van der Waals surface area (Å²) in [5.41, 5.74) is 1.00. The van der Waals surface area contributed by atoms with E-state index in [-0.39, 0.29) is 0 Å². The Kier molecular flexibility index (Phi) is 2.81. The molecule has 0 amide bonds. The van der Waals surface area contributed by atoms with Crippen molar-refractivity contribution in [2.75, 3.05) is 0 Å². The Balaban J connectivity index is 2.49. The number of halogens is 2. The average molecular weight is 319 g/mol. The van der Waals surface area contributed by atoms with E-state index in [4.69, 9.17) is 0 Å². The summed E-state index contributed by atoms with van der Waals surface area (Å²) in [6.07, 6.45) is 1.80. The quantitative estimate of drug-likeness (QED) is 0.762. The summed E-state index contributed by atoms with van der Waals surface area (Å²) in [7, 11) is 0. The first-order chi connectivity index (χ1) is 6.27. The normalized spacial score (nSPS) is 10.3. The first kappa shape index (κ1) is 9.37. The molecule has 2 aromatic heterocycles. The molecule has 0 spiro atoms. The number of hydrogen-bond acceptors (Lipinski definition) is 2. The van der Waals surface area contributed by atoms with E-state index in [1.165, 1.54) is 4.88 Å². The number of hydrogen-bond donors (Lipinski definition) is 0. The van der Waals surface area contributed by atoms with Crippen LogP contribution in [-0.2, 0) is 0 Å². The van der Waals surface area contributed by atoms with Gasteiger partial charge in [0.25, 0.3) is 0 Å². The molecule has 0 aliphatic rings. The molecule has 0 unspecified atom stereocenters. The zero-order chi connectivity index (χ0) is 9.26. The molecular weight excluding hydrogens is 314 g/mol. The van der Waals surface area contributed by atoms with Gasteiger partial charge in [0.15, 0.2) is 0 Å². The zero-order valence-corrected chi connectivity index (χ0v) is 10.5. The lowest BCUT2D eigenvalue weighted by molar-refractivity contribution is 1.30. The number of rotatable bonds is 1. The molecule has 13 heavy (non-hydrogen) atoms. The molecule has 0 aliphatic heterocycles. The monoisotopic (exact) mass is 317 g/mol. The largest absolute Gasteiger partial charge is 0.254 e. The fourth-order valence-electron chi connectivity index (χ4n) is 0.973. The molecule has 0 fully saturated rings. The number of nitrogens with zero attached hydrogens (tertiary/aromatic N) is 1. The van der Waals surface area contributed by atoms with Crippen molar-refractivity contribution in [2.24, 2.45) is 0 Å². The van der Waals surface area contributed by atoms with Crippen molar-refractivity contribution < 1.29 is 0 Å². The molecule has 0 bridgehead atoms. The molecule has 0 radical (unpaired) electrons. The van der Waals surface area contributed by atoms with Gasteiger partial charge in [-0.25, -0.2) is 0 Å². The van der Waals surface area contributed by atoms with E-state index >= 15 is 0 Å². The minimum atomic E-state index is 0.979. The van der Waals surface area contributed by atoms with E-state index in [2.05, 4.69) is 42.9 Å². The predicted octanol–water partition coefficient (Wildman–Crippen LogP) is 4.34. The molecule has 2 aromatic rings. The topological polar surface area (TPSA) is 12.9 Å². The van der Waals surface area contributed by atoms with Crippen LogP contribution in [0.5, 0.6) is 0 Å². The fraction of sp³-hybridized carbons (Fsp3) is 0. The van der Waals surface area contributed by atoms with Crippen molar-refractivity contribution in [1.29, 1.82) is 0 Å². The van der Waals surface area contributed by atoms with Gasteiger partial charge in [-0.3, -0.25) is 4.98 Å². The number of aromatic nitrogens is 1. The predicted molar refractivity (Wildman–Crippen MR) is 63.0 cm³/mol. The van der Waals surface area contributed by atoms with Crippen molar-refractivity contribution in [3.05, 3.63) is 38.7 Å². The molecule has 2 rings (SSSR count). The summed E-state index contributed by atoms with van der Waals surface area (Å²) in [6.45, 7) is 0. The highest BCUT2D eigenvalue weighted by molar-refractivity contribution is 9.13. The van der Waals surface area contributed by atoms with Gasteiger partial charge in [-0.05, 0) is 49.4 Å². The molecule has 4 heteroatoms. The molecule has 0 aromatic carbocycles. The molecule has 0 saturated carbocycles. The standard InChI is InChI=1S/C9H5Br2NS/c10-6-4-8(12-5-7(6)11)9-2-1-3-13-9/h1-5H. The second kappa shape index (κ2) is 3.90. The fourth-order valence-corrected chi connectivity index (χ4v) is 2.20. The van der Waals surface area contributed by atoms with Gasteiger partial charge in [0.2, 0.25) is 0 Å². The third-order valence-electron chi connectivity index (χ3n) is 1.58. The first-order valence-corrected chi connectivity index (χ1v) is 6.09. The van der Waals surface area contributed by atoms with Gasteiger partial charge in [-0.1, -0.05) is 6.07 Å². The van der Waals surface area contributed by atoms with Crippen LogP contribution in [0.1, 0.15) is 0 Å². The highest BCUT2D eigenvalue weighted by Crippen LogP contribution is 2.29. The second-order valence-electron chi connectivity index (χ2n) is 2.46. The summed E-state index contributed by atoms with van der Waals surface area (Å²) in [4.78, 5) is 5.50. The Labute approximate surface area is 97.1 Å². The van der Waals surface area contributed by atoms with Gasteiger partial charge < -0.3 is 0 Å². The summed E-state index contributed by atoms with van der Waals surface area (Å²) in [5, 5.41) is 2.05. The molecule has 0 saturated heterocycles. The van der Waals surface area contributed by atoms with Gasteiger partial charge in [0.05, 0.1) is 15.0 Å². The summed E-state index contributed by atoms with van der Waals surface area (Å²) in [5.74, 6) is 0. The van der Waals surface area contributed by atoms with Gasteiger partial charge in [0.1, 0.15) is 0 Å². The van der Waals surface area contributed by atoms with Gasteiger partial charge >= 0.3 is 0 Å². The van der Waals surface area contributed by atoms with Crippen LogP contribution in [0.4, 0.5) is 0 Å². The molecule has 2 heterocycles. The highest BCUT2D eigenvalue weighted by Gasteiger charge is 2.02. The van der Waals surface area contributed by atoms with Crippen molar-refractivity contribution in [3.63, 3.8) is 0 Å². The Morgan fingerprint density at radius 1 is 1.23 bits per heavy atom. The van der Waals surface area contributed by atoms with Crippen LogP contribution in [0.25, 0.3) is 10.6 Å². The van der Waals surface area contributed by atoms with Crippen LogP contribution in [0, 0.1) is 0 Å². The van der Waals surface area contributed by atoms with Crippen molar-refractivity contribution in [2.45, 2.75) is 0 Å². The number of thiophene rings is 1. The second-order valence-corrected chi connectivity index (χ2v) is 5.12. The zero-order valence-electron chi connectivity index (χ0n) is 6.50. The average Bonchev–Trinajstić information content (AvgIpc) is 2.62. The smallest absolute Gasteiger partial charge is 0.0813 e. The summed E-state index contributed by atoms with van der Waals surface area (Å²) in [6, 6.07) is 6.10. The van der Waals surface area contributed by atoms with Crippen molar-refractivity contribution in [1.82, 2.24) is 4.98 Å². The Morgan fingerprint density at radius 2 is 2.08 bits per heavy atom. The lowest BCUT2D eigenvalue weighted by Gasteiger charge is -1.98. The van der Waals surface area contributed by atoms with Crippen LogP contribution in [0.15, 0.2) is 38.7 Å². The SMILES string of the molecule is Brc1cnc(-c2cccs2)cc1Br. The van der Waals surface area contributed by atoms with Crippen molar-refractivity contribution in [3.8, 4) is 10.6 Å². The molecular formula is C9H5Br2NS. The van der Waals surface area contributed by atoms with Gasteiger partial charge in [0, 0.05) is 10.7 Å². The molecule has 0 N–H and O–H groups in total. The minimum absolute atomic E-state index is 0.979. The molecule has 0 atom stereocenters. The lowest BCUT2D eigenvalue weighted by atomic mass is 10.3.